The first kappa shape index (κ1) is 19.4. The maximum atomic E-state index is 13.2. The zero-order chi connectivity index (χ0) is 21.4. The minimum absolute atomic E-state index is 0.0815. The van der Waals surface area contributed by atoms with Gasteiger partial charge in [0.1, 0.15) is 0 Å². The van der Waals surface area contributed by atoms with Crippen molar-refractivity contribution in [2.45, 2.75) is 32.4 Å². The van der Waals surface area contributed by atoms with E-state index >= 15 is 0 Å². The summed E-state index contributed by atoms with van der Waals surface area (Å²) in [7, 11) is 0. The van der Waals surface area contributed by atoms with Crippen LogP contribution in [0.3, 0.4) is 0 Å². The molecule has 0 N–H and O–H groups in total. The number of halogens is 1. The number of hydrogen-bond donors (Lipinski definition) is 0. The van der Waals surface area contributed by atoms with Crippen molar-refractivity contribution in [2.24, 2.45) is 0 Å². The van der Waals surface area contributed by atoms with E-state index in [0.29, 0.717) is 34.1 Å². The van der Waals surface area contributed by atoms with Crippen molar-refractivity contribution < 1.29 is 13.7 Å². The second-order valence-corrected chi connectivity index (χ2v) is 7.83. The predicted molar refractivity (Wildman–Crippen MR) is 112 cm³/mol. The second-order valence-electron chi connectivity index (χ2n) is 7.40. The lowest BCUT2D eigenvalue weighted by atomic mass is 10.1. The molecule has 0 atom stereocenters. The van der Waals surface area contributed by atoms with Gasteiger partial charge in [-0.15, -0.1) is 10.2 Å². The zero-order valence-corrected chi connectivity index (χ0v) is 17.4. The summed E-state index contributed by atoms with van der Waals surface area (Å²) in [5.74, 6) is 1.70. The molecule has 1 amide bonds. The maximum Gasteiger partial charge on any atom is 0.257 e. The van der Waals surface area contributed by atoms with Crippen molar-refractivity contribution in [1.82, 2.24) is 25.2 Å². The van der Waals surface area contributed by atoms with Crippen LogP contribution in [-0.4, -0.2) is 37.2 Å². The third-order valence-corrected chi connectivity index (χ3v) is 5.27. The van der Waals surface area contributed by atoms with Gasteiger partial charge in [-0.1, -0.05) is 16.8 Å². The Bertz CT molecular complexity index is 1210. The minimum atomic E-state index is -0.0815. The van der Waals surface area contributed by atoms with Crippen LogP contribution in [0.5, 0.6) is 0 Å². The molecule has 31 heavy (non-hydrogen) atoms. The van der Waals surface area contributed by atoms with E-state index in [4.69, 9.17) is 20.5 Å². The summed E-state index contributed by atoms with van der Waals surface area (Å²) in [6.07, 6.45) is 1.92. The zero-order valence-electron chi connectivity index (χ0n) is 16.7. The van der Waals surface area contributed by atoms with E-state index in [2.05, 4.69) is 20.3 Å². The summed E-state index contributed by atoms with van der Waals surface area (Å²) >= 11 is 5.93. The standard InChI is InChI=1S/C22H18ClN5O3/c1-13-24-20(31-27-13)14-2-4-16(5-3-14)22(29)28(18-10-11-18)12-19-25-26-21(30-19)15-6-8-17(23)9-7-15/h2-9,18H,10-12H2,1H3. The third kappa shape index (κ3) is 4.20. The molecule has 1 saturated carbocycles. The van der Waals surface area contributed by atoms with Crippen molar-refractivity contribution in [3.8, 4) is 22.9 Å². The Kier molecular flexibility index (Phi) is 4.99. The Morgan fingerprint density at radius 3 is 2.35 bits per heavy atom. The van der Waals surface area contributed by atoms with Crippen LogP contribution in [0.2, 0.25) is 5.02 Å². The summed E-state index contributed by atoms with van der Waals surface area (Å²) in [5, 5.41) is 12.7. The first-order valence-corrected chi connectivity index (χ1v) is 10.2. The molecule has 0 aliphatic heterocycles. The quantitative estimate of drug-likeness (QED) is 0.438. The van der Waals surface area contributed by atoms with Crippen molar-refractivity contribution in [3.05, 3.63) is 70.8 Å². The molecule has 1 aliphatic rings. The van der Waals surface area contributed by atoms with E-state index in [9.17, 15) is 4.79 Å². The topological polar surface area (TPSA) is 98.2 Å². The summed E-state index contributed by atoms with van der Waals surface area (Å²) in [4.78, 5) is 19.2. The van der Waals surface area contributed by atoms with Gasteiger partial charge in [0.15, 0.2) is 5.82 Å². The number of aromatic nitrogens is 4. The van der Waals surface area contributed by atoms with Crippen LogP contribution in [0.4, 0.5) is 0 Å². The molecule has 9 heteroatoms. The van der Waals surface area contributed by atoms with Gasteiger partial charge < -0.3 is 13.8 Å². The van der Waals surface area contributed by atoms with E-state index in [1.165, 1.54) is 0 Å². The van der Waals surface area contributed by atoms with Crippen molar-refractivity contribution in [3.63, 3.8) is 0 Å². The minimum Gasteiger partial charge on any atom is -0.419 e. The molecule has 0 spiro atoms. The highest BCUT2D eigenvalue weighted by atomic mass is 35.5. The largest absolute Gasteiger partial charge is 0.419 e. The fourth-order valence-electron chi connectivity index (χ4n) is 3.26. The molecule has 5 rings (SSSR count). The number of benzene rings is 2. The van der Waals surface area contributed by atoms with Crippen LogP contribution in [0.15, 0.2) is 57.5 Å². The molecule has 0 saturated heterocycles. The second kappa shape index (κ2) is 7.96. The van der Waals surface area contributed by atoms with Crippen LogP contribution in [0, 0.1) is 6.92 Å². The molecular formula is C22H18ClN5O3. The van der Waals surface area contributed by atoms with E-state index < -0.39 is 0 Å². The molecular weight excluding hydrogens is 418 g/mol. The lowest BCUT2D eigenvalue weighted by Crippen LogP contribution is -2.32. The summed E-state index contributed by atoms with van der Waals surface area (Å²) in [6, 6.07) is 14.5. The lowest BCUT2D eigenvalue weighted by Gasteiger charge is -2.20. The number of aryl methyl sites for hydroxylation is 1. The number of amides is 1. The molecule has 4 aromatic rings. The Morgan fingerprint density at radius 2 is 1.71 bits per heavy atom. The molecule has 0 bridgehead atoms. The monoisotopic (exact) mass is 435 g/mol. The number of carbonyl (C=O) groups is 1. The third-order valence-electron chi connectivity index (χ3n) is 5.02. The fourth-order valence-corrected chi connectivity index (χ4v) is 3.39. The Labute approximate surface area is 182 Å². The van der Waals surface area contributed by atoms with Gasteiger partial charge in [-0.2, -0.15) is 4.98 Å². The van der Waals surface area contributed by atoms with Gasteiger partial charge in [0.05, 0.1) is 6.54 Å². The van der Waals surface area contributed by atoms with Crippen molar-refractivity contribution in [1.29, 1.82) is 0 Å². The van der Waals surface area contributed by atoms with Gasteiger partial charge in [-0.25, -0.2) is 0 Å². The summed E-state index contributed by atoms with van der Waals surface area (Å²) < 4.78 is 11.0. The van der Waals surface area contributed by atoms with Crippen LogP contribution in [0.25, 0.3) is 22.9 Å². The van der Waals surface area contributed by atoms with Gasteiger partial charge in [0.2, 0.25) is 11.8 Å². The van der Waals surface area contributed by atoms with Gasteiger partial charge >= 0.3 is 0 Å². The Morgan fingerprint density at radius 1 is 1.03 bits per heavy atom. The average molecular weight is 436 g/mol. The smallest absolute Gasteiger partial charge is 0.257 e. The molecule has 1 fully saturated rings. The van der Waals surface area contributed by atoms with Gasteiger partial charge in [0.25, 0.3) is 11.8 Å². The lowest BCUT2D eigenvalue weighted by molar-refractivity contribution is 0.0714. The summed E-state index contributed by atoms with van der Waals surface area (Å²) in [5.41, 5.74) is 2.11. The molecule has 156 valence electrons. The van der Waals surface area contributed by atoms with E-state index in [0.717, 1.165) is 24.0 Å². The van der Waals surface area contributed by atoms with E-state index in [-0.39, 0.29) is 18.5 Å². The summed E-state index contributed by atoms with van der Waals surface area (Å²) in [6.45, 7) is 2.02. The maximum absolute atomic E-state index is 13.2. The Hall–Kier alpha value is -3.52. The number of hydrogen-bond acceptors (Lipinski definition) is 7. The molecule has 8 nitrogen and oxygen atoms in total. The van der Waals surface area contributed by atoms with Crippen molar-refractivity contribution >= 4 is 17.5 Å². The number of nitrogens with zero attached hydrogens (tertiary/aromatic N) is 5. The normalized spacial score (nSPS) is 13.4. The molecule has 2 heterocycles. The first-order valence-electron chi connectivity index (χ1n) is 9.87. The fraction of sp³-hybridized carbons (Fsp3) is 0.227. The van der Waals surface area contributed by atoms with Crippen LogP contribution < -0.4 is 0 Å². The average Bonchev–Trinajstić information content (AvgIpc) is 3.36. The molecule has 2 aromatic carbocycles. The molecule has 1 aliphatic carbocycles. The van der Waals surface area contributed by atoms with Gasteiger partial charge in [0, 0.05) is 27.8 Å². The first-order chi connectivity index (χ1) is 15.1. The molecule has 0 radical (unpaired) electrons. The van der Waals surface area contributed by atoms with E-state index in [1.807, 2.05) is 12.1 Å². The predicted octanol–water partition coefficient (Wildman–Crippen LogP) is 4.55. The van der Waals surface area contributed by atoms with Crippen molar-refractivity contribution in [2.75, 3.05) is 0 Å². The SMILES string of the molecule is Cc1noc(-c2ccc(C(=O)N(Cc3nnc(-c4ccc(Cl)cc4)o3)C3CC3)cc2)n1. The van der Waals surface area contributed by atoms with Gasteiger partial charge in [-0.3, -0.25) is 4.79 Å². The van der Waals surface area contributed by atoms with Crippen LogP contribution >= 0.6 is 11.6 Å². The molecule has 0 unspecified atom stereocenters. The molecule has 2 aromatic heterocycles. The van der Waals surface area contributed by atoms with Crippen LogP contribution in [0.1, 0.15) is 34.9 Å². The highest BCUT2D eigenvalue weighted by Crippen LogP contribution is 2.31. The Balaban J connectivity index is 1.33. The van der Waals surface area contributed by atoms with E-state index in [1.54, 1.807) is 48.2 Å². The highest BCUT2D eigenvalue weighted by molar-refractivity contribution is 6.30. The van der Waals surface area contributed by atoms with Crippen LogP contribution in [-0.2, 0) is 6.54 Å². The highest BCUT2D eigenvalue weighted by Gasteiger charge is 2.34. The van der Waals surface area contributed by atoms with Gasteiger partial charge in [-0.05, 0) is 68.3 Å². The number of carbonyl (C=O) groups excluding carboxylic acids is 1. The number of rotatable bonds is 6.